The zero-order valence-corrected chi connectivity index (χ0v) is 7.82. The first-order valence-corrected chi connectivity index (χ1v) is 4.53. The van der Waals surface area contributed by atoms with E-state index in [0.717, 1.165) is 26.2 Å². The minimum absolute atomic E-state index is 0.300. The molecule has 1 aliphatic rings. The van der Waals surface area contributed by atoms with Crippen molar-refractivity contribution in [3.63, 3.8) is 0 Å². The molecule has 1 saturated heterocycles. The number of nitrogens with two attached hydrogens (primary N) is 2. The normalized spacial score (nSPS) is 17.0. The summed E-state index contributed by atoms with van der Waals surface area (Å²) in [6.45, 7) is 3.63. The van der Waals surface area contributed by atoms with Crippen LogP contribution < -0.4 is 21.7 Å². The van der Waals surface area contributed by atoms with Gasteiger partial charge in [0.25, 0.3) is 0 Å². The quantitative estimate of drug-likeness (QED) is 0.521. The van der Waals surface area contributed by atoms with Gasteiger partial charge in [-0.05, 0) is 0 Å². The molecular weight excluding hydrogens is 180 g/mol. The Kier molecular flexibility index (Phi) is 2.36. The van der Waals surface area contributed by atoms with Crippen molar-refractivity contribution in [2.24, 2.45) is 0 Å². The van der Waals surface area contributed by atoms with E-state index in [4.69, 9.17) is 11.5 Å². The molecule has 5 N–H and O–H groups in total. The Morgan fingerprint density at radius 3 is 2.64 bits per heavy atom. The molecule has 0 aliphatic carbocycles. The molecule has 6 nitrogen and oxygen atoms in total. The van der Waals surface area contributed by atoms with E-state index >= 15 is 0 Å². The molecule has 1 fully saturated rings. The molecule has 0 aromatic carbocycles. The van der Waals surface area contributed by atoms with E-state index in [2.05, 4.69) is 26.5 Å². The smallest absolute Gasteiger partial charge is 0.201 e. The van der Waals surface area contributed by atoms with Crippen molar-refractivity contribution < 1.29 is 0 Å². The fraction of sp³-hybridized carbons (Fsp3) is 0.500. The van der Waals surface area contributed by atoms with Crippen molar-refractivity contribution in [2.45, 2.75) is 0 Å². The van der Waals surface area contributed by atoms with E-state index in [9.17, 15) is 0 Å². The molecule has 1 aliphatic heterocycles. The van der Waals surface area contributed by atoms with Crippen molar-refractivity contribution in [1.29, 1.82) is 0 Å². The van der Waals surface area contributed by atoms with Crippen LogP contribution >= 0.6 is 0 Å². The summed E-state index contributed by atoms with van der Waals surface area (Å²) in [4.78, 5) is 9.81. The third-order valence-electron chi connectivity index (χ3n) is 2.26. The Morgan fingerprint density at radius 2 is 1.93 bits per heavy atom. The number of hydrogen-bond donors (Lipinski definition) is 3. The van der Waals surface area contributed by atoms with Gasteiger partial charge in [0.2, 0.25) is 6.33 Å². The molecular formula is C8H13N6. The average Bonchev–Trinajstić information content (AvgIpc) is 2.23. The highest BCUT2D eigenvalue weighted by Gasteiger charge is 2.15. The van der Waals surface area contributed by atoms with E-state index in [-0.39, 0.29) is 0 Å². The topological polar surface area (TPSA) is 93.1 Å². The van der Waals surface area contributed by atoms with Gasteiger partial charge < -0.3 is 21.7 Å². The lowest BCUT2D eigenvalue weighted by Gasteiger charge is -2.29. The summed E-state index contributed by atoms with van der Waals surface area (Å²) >= 11 is 0. The fourth-order valence-electron chi connectivity index (χ4n) is 1.48. The van der Waals surface area contributed by atoms with Crippen LogP contribution in [0.5, 0.6) is 0 Å². The van der Waals surface area contributed by atoms with Crippen LogP contribution in [0, 0.1) is 6.33 Å². The number of aromatic nitrogens is 2. The molecule has 0 unspecified atom stereocenters. The minimum Gasteiger partial charge on any atom is -0.393 e. The van der Waals surface area contributed by atoms with Gasteiger partial charge in [-0.3, -0.25) is 0 Å². The average molecular weight is 193 g/mol. The Hall–Kier alpha value is -1.56. The van der Waals surface area contributed by atoms with Crippen LogP contribution in [0.15, 0.2) is 0 Å². The molecule has 0 spiro atoms. The second kappa shape index (κ2) is 3.67. The predicted octanol–water partition coefficient (Wildman–Crippen LogP) is -1.15. The lowest BCUT2D eigenvalue weighted by atomic mass is 10.3. The van der Waals surface area contributed by atoms with Crippen molar-refractivity contribution in [2.75, 3.05) is 42.5 Å². The molecule has 14 heavy (non-hydrogen) atoms. The maximum atomic E-state index is 5.78. The van der Waals surface area contributed by atoms with E-state index < -0.39 is 0 Å². The molecule has 0 atom stereocenters. The second-order valence-electron chi connectivity index (χ2n) is 3.18. The van der Waals surface area contributed by atoms with Gasteiger partial charge in [-0.25, -0.2) is 9.97 Å². The Bertz CT molecular complexity index is 320. The maximum Gasteiger partial charge on any atom is 0.201 e. The van der Waals surface area contributed by atoms with Gasteiger partial charge in [0.1, 0.15) is 5.69 Å². The summed E-state index contributed by atoms with van der Waals surface area (Å²) in [6.07, 6.45) is 2.50. The summed E-state index contributed by atoms with van der Waals surface area (Å²) in [6, 6.07) is 0. The van der Waals surface area contributed by atoms with Gasteiger partial charge >= 0.3 is 0 Å². The summed E-state index contributed by atoms with van der Waals surface area (Å²) in [5, 5.41) is 3.25. The molecule has 1 aromatic heterocycles. The van der Waals surface area contributed by atoms with E-state index in [0.29, 0.717) is 17.3 Å². The van der Waals surface area contributed by atoms with Crippen LogP contribution in [0.25, 0.3) is 0 Å². The first-order chi connectivity index (χ1) is 6.79. The van der Waals surface area contributed by atoms with Crippen molar-refractivity contribution in [3.05, 3.63) is 6.33 Å². The van der Waals surface area contributed by atoms with E-state index in [1.807, 2.05) is 0 Å². The van der Waals surface area contributed by atoms with Crippen LogP contribution in [0.4, 0.5) is 17.3 Å². The second-order valence-corrected chi connectivity index (χ2v) is 3.18. The fourth-order valence-corrected chi connectivity index (χ4v) is 1.48. The zero-order valence-electron chi connectivity index (χ0n) is 7.82. The van der Waals surface area contributed by atoms with E-state index in [1.165, 1.54) is 0 Å². The lowest BCUT2D eigenvalue weighted by Crippen LogP contribution is -2.44. The zero-order chi connectivity index (χ0) is 9.97. The van der Waals surface area contributed by atoms with Crippen molar-refractivity contribution in [3.8, 4) is 0 Å². The monoisotopic (exact) mass is 193 g/mol. The number of rotatable bonds is 1. The van der Waals surface area contributed by atoms with Crippen LogP contribution in [0.2, 0.25) is 0 Å². The number of nitrogens with zero attached hydrogens (tertiary/aromatic N) is 3. The third-order valence-corrected chi connectivity index (χ3v) is 2.26. The number of piperazine rings is 1. The standard InChI is InChI=1S/C8H13N6/c9-6-7(10)12-5-13-8(6)14-3-1-11-2-4-14/h11H,1-4,9H2,(H2,10,12,13). The first kappa shape index (κ1) is 9.01. The molecule has 1 radical (unpaired) electrons. The SMILES string of the molecule is Nc1n[c]nc(N2CCNCC2)c1N. The summed E-state index contributed by atoms with van der Waals surface area (Å²) < 4.78 is 0. The highest BCUT2D eigenvalue weighted by molar-refractivity contribution is 5.73. The van der Waals surface area contributed by atoms with Gasteiger partial charge in [0.15, 0.2) is 11.6 Å². The molecule has 6 heteroatoms. The summed E-state index contributed by atoms with van der Waals surface area (Å²) in [7, 11) is 0. The number of nitrogens with one attached hydrogen (secondary N) is 1. The van der Waals surface area contributed by atoms with Crippen LogP contribution in [0.3, 0.4) is 0 Å². The Labute approximate surface area is 82.3 Å². The van der Waals surface area contributed by atoms with Gasteiger partial charge in [-0.2, -0.15) is 0 Å². The molecule has 0 saturated carbocycles. The highest BCUT2D eigenvalue weighted by atomic mass is 15.2. The number of anilines is 3. The van der Waals surface area contributed by atoms with Crippen molar-refractivity contribution >= 4 is 17.3 Å². The third kappa shape index (κ3) is 1.56. The molecule has 0 bridgehead atoms. The van der Waals surface area contributed by atoms with E-state index in [1.54, 1.807) is 0 Å². The van der Waals surface area contributed by atoms with Crippen LogP contribution in [-0.2, 0) is 0 Å². The Morgan fingerprint density at radius 1 is 1.21 bits per heavy atom. The van der Waals surface area contributed by atoms with Crippen molar-refractivity contribution in [1.82, 2.24) is 15.3 Å². The number of hydrogen-bond acceptors (Lipinski definition) is 6. The molecule has 75 valence electrons. The molecule has 2 heterocycles. The van der Waals surface area contributed by atoms with Crippen LogP contribution in [0.1, 0.15) is 0 Å². The molecule has 1 aromatic rings. The molecule has 2 rings (SSSR count). The summed E-state index contributed by atoms with van der Waals surface area (Å²) in [5.41, 5.74) is 11.8. The highest BCUT2D eigenvalue weighted by Crippen LogP contribution is 2.23. The van der Waals surface area contributed by atoms with Gasteiger partial charge in [-0.1, -0.05) is 0 Å². The van der Waals surface area contributed by atoms with Crippen LogP contribution in [-0.4, -0.2) is 36.1 Å². The summed E-state index contributed by atoms with van der Waals surface area (Å²) in [5.74, 6) is 0.993. The maximum absolute atomic E-state index is 5.78. The molecule has 0 amide bonds. The predicted molar refractivity (Wildman–Crippen MR) is 54.8 cm³/mol. The minimum atomic E-state index is 0.300. The largest absolute Gasteiger partial charge is 0.393 e. The van der Waals surface area contributed by atoms with Gasteiger partial charge in [0, 0.05) is 26.2 Å². The first-order valence-electron chi connectivity index (χ1n) is 4.53. The number of nitrogen functional groups attached to an aromatic ring is 2. The van der Waals surface area contributed by atoms with Gasteiger partial charge in [-0.15, -0.1) is 0 Å². The lowest BCUT2D eigenvalue weighted by molar-refractivity contribution is 0.585. The Balaban J connectivity index is 2.26. The van der Waals surface area contributed by atoms with Gasteiger partial charge in [0.05, 0.1) is 0 Å².